The smallest absolute Gasteiger partial charge is 0.295 e. The molecule has 0 saturated carbocycles. The summed E-state index contributed by atoms with van der Waals surface area (Å²) in [6.07, 6.45) is 5.96. The Morgan fingerprint density at radius 1 is 1.13 bits per heavy atom. The predicted octanol–water partition coefficient (Wildman–Crippen LogP) is 8.58. The zero-order valence-electron chi connectivity index (χ0n) is 28.8. The van der Waals surface area contributed by atoms with E-state index in [0.29, 0.717) is 22.7 Å². The molecule has 3 aromatic rings. The number of nitrogens with one attached hydrogen (secondary N) is 1. The second kappa shape index (κ2) is 14.5. The highest BCUT2D eigenvalue weighted by molar-refractivity contribution is 7.91. The van der Waals surface area contributed by atoms with Crippen LogP contribution in [0.3, 0.4) is 0 Å². The van der Waals surface area contributed by atoms with Gasteiger partial charge in [-0.15, -0.1) is 0 Å². The van der Waals surface area contributed by atoms with Crippen LogP contribution in [0.15, 0.2) is 41.2 Å². The average molecular weight is 707 g/mol. The monoisotopic (exact) mass is 706 g/mol. The molecular formula is C32H44ClFN6O5SSi. The summed E-state index contributed by atoms with van der Waals surface area (Å²) in [7, 11) is -0.722. The van der Waals surface area contributed by atoms with Crippen molar-refractivity contribution in [1.29, 1.82) is 0 Å². The molecule has 2 heterocycles. The van der Waals surface area contributed by atoms with Crippen LogP contribution in [-0.4, -0.2) is 50.8 Å². The van der Waals surface area contributed by atoms with Gasteiger partial charge in [-0.25, -0.2) is 19.3 Å². The van der Waals surface area contributed by atoms with Crippen molar-refractivity contribution in [3.8, 4) is 16.9 Å². The van der Waals surface area contributed by atoms with Gasteiger partial charge >= 0.3 is 0 Å². The van der Waals surface area contributed by atoms with Crippen LogP contribution in [-0.2, 0) is 21.4 Å². The molecule has 15 heteroatoms. The SMILES string of the molecule is COc1ccnc(Cl)c1[C@@H](C/C=N\[S@+]([O-])C(C)(C)C)Nc1cc(-c2cnc(C(C)(C)O[Si](C)(C)C(C)(C)C)nc2)c(F)cc1[N+](=O)[O-]. The molecule has 256 valence electrons. The number of nitro groups is 1. The molecule has 0 unspecified atom stereocenters. The summed E-state index contributed by atoms with van der Waals surface area (Å²) in [5, 5.41) is 15.3. The van der Waals surface area contributed by atoms with Crippen LogP contribution in [0.1, 0.15) is 79.2 Å². The van der Waals surface area contributed by atoms with Gasteiger partial charge in [-0.3, -0.25) is 10.1 Å². The van der Waals surface area contributed by atoms with Crippen LogP contribution < -0.4 is 10.1 Å². The van der Waals surface area contributed by atoms with E-state index >= 15 is 4.39 Å². The van der Waals surface area contributed by atoms with E-state index in [1.54, 1.807) is 26.8 Å². The lowest BCUT2D eigenvalue weighted by molar-refractivity contribution is -0.384. The van der Waals surface area contributed by atoms with Gasteiger partial charge in [0.1, 0.15) is 44.1 Å². The van der Waals surface area contributed by atoms with Crippen molar-refractivity contribution in [1.82, 2.24) is 15.0 Å². The first-order valence-corrected chi connectivity index (χ1v) is 19.4. The molecule has 0 aliphatic rings. The van der Waals surface area contributed by atoms with Gasteiger partial charge < -0.3 is 19.0 Å². The Hall–Kier alpha value is -3.17. The van der Waals surface area contributed by atoms with Gasteiger partial charge in [0, 0.05) is 36.1 Å². The maximum absolute atomic E-state index is 15.5. The molecule has 0 aliphatic carbocycles. The summed E-state index contributed by atoms with van der Waals surface area (Å²) in [5.74, 6) is -0.0348. The first-order valence-electron chi connectivity index (χ1n) is 15.0. The Morgan fingerprint density at radius 2 is 1.74 bits per heavy atom. The van der Waals surface area contributed by atoms with Crippen LogP contribution in [0.4, 0.5) is 15.8 Å². The van der Waals surface area contributed by atoms with E-state index in [2.05, 4.69) is 58.5 Å². The van der Waals surface area contributed by atoms with Crippen LogP contribution in [0, 0.1) is 15.9 Å². The van der Waals surface area contributed by atoms with E-state index in [1.165, 1.54) is 38.0 Å². The van der Waals surface area contributed by atoms with Crippen molar-refractivity contribution in [2.24, 2.45) is 4.40 Å². The third-order valence-corrected chi connectivity index (χ3v) is 14.3. The number of rotatable bonds is 12. The fourth-order valence-electron chi connectivity index (χ4n) is 4.40. The van der Waals surface area contributed by atoms with Gasteiger partial charge in [-0.2, -0.15) is 0 Å². The zero-order valence-corrected chi connectivity index (χ0v) is 31.3. The molecule has 0 radical (unpaired) electrons. The predicted molar refractivity (Wildman–Crippen MR) is 189 cm³/mol. The van der Waals surface area contributed by atoms with Crippen molar-refractivity contribution in [3.05, 3.63) is 69.3 Å². The number of ether oxygens (including phenoxy) is 1. The quantitative estimate of drug-likeness (QED) is 0.0488. The Labute approximate surface area is 285 Å². The third-order valence-electron chi connectivity index (χ3n) is 7.93. The van der Waals surface area contributed by atoms with E-state index in [1.807, 2.05) is 13.8 Å². The number of nitrogens with zero attached hydrogens (tertiary/aromatic N) is 5. The Kier molecular flexibility index (Phi) is 11.8. The van der Waals surface area contributed by atoms with Gasteiger partial charge in [-0.1, -0.05) is 36.8 Å². The highest BCUT2D eigenvalue weighted by Crippen LogP contribution is 2.42. The zero-order chi connectivity index (χ0) is 35.5. The minimum atomic E-state index is -2.18. The van der Waals surface area contributed by atoms with E-state index in [4.69, 9.17) is 20.8 Å². The molecular weight excluding hydrogens is 663 g/mol. The normalized spacial score (nSPS) is 14.3. The maximum atomic E-state index is 15.5. The van der Waals surface area contributed by atoms with Crippen LogP contribution in [0.25, 0.3) is 11.1 Å². The number of nitro benzene ring substituents is 1. The molecule has 47 heavy (non-hydrogen) atoms. The summed E-state index contributed by atoms with van der Waals surface area (Å²) in [5.41, 5.74) is -0.584. The van der Waals surface area contributed by atoms with E-state index < -0.39 is 52.5 Å². The number of halogens is 2. The first-order chi connectivity index (χ1) is 21.6. The summed E-state index contributed by atoms with van der Waals surface area (Å²) >= 11 is 4.95. The lowest BCUT2D eigenvalue weighted by Gasteiger charge is -2.42. The molecule has 2 atom stereocenters. The lowest BCUT2D eigenvalue weighted by atomic mass is 10.0. The topological polar surface area (TPSA) is 148 Å². The summed E-state index contributed by atoms with van der Waals surface area (Å²) in [4.78, 5) is 24.6. The molecule has 3 rings (SSSR count). The molecule has 2 aromatic heterocycles. The molecule has 11 nitrogen and oxygen atoms in total. The first kappa shape index (κ1) is 38.3. The standard InChI is InChI=1S/C32H44ClFN6O5SSi/c1-30(2,3)46(43)38-15-12-23(27-26(44-9)13-14-35-28(27)33)39-24-16-21(22(34)17-25(24)40(41)42)20-18-36-29(37-19-20)32(7,8)45-47(10,11)31(4,5)6/h13-19,23,39H,12H2,1-11H3/b38-15-/t23-,46-/m1/s1. The number of hydrogen-bond donors (Lipinski definition) is 1. The molecule has 0 amide bonds. The number of benzene rings is 1. The van der Waals surface area contributed by atoms with Gasteiger partial charge in [-0.05, 0) is 64.9 Å². The molecule has 1 N–H and O–H groups in total. The minimum absolute atomic E-state index is 0.00520. The number of anilines is 1. The van der Waals surface area contributed by atoms with Crippen molar-refractivity contribution >= 4 is 48.9 Å². The van der Waals surface area contributed by atoms with E-state index in [-0.39, 0.29) is 27.9 Å². The van der Waals surface area contributed by atoms with Gasteiger partial charge in [0.15, 0.2) is 14.1 Å². The molecule has 0 spiro atoms. The van der Waals surface area contributed by atoms with E-state index in [9.17, 15) is 14.7 Å². The second-order valence-electron chi connectivity index (χ2n) is 14.1. The highest BCUT2D eigenvalue weighted by Gasteiger charge is 2.43. The number of pyridine rings is 1. The summed E-state index contributed by atoms with van der Waals surface area (Å²) in [6.45, 7) is 19.9. The fourth-order valence-corrected chi connectivity index (χ4v) is 6.89. The second-order valence-corrected chi connectivity index (χ2v) is 21.1. The van der Waals surface area contributed by atoms with Gasteiger partial charge in [0.2, 0.25) is 0 Å². The van der Waals surface area contributed by atoms with E-state index in [0.717, 1.165) is 6.07 Å². The minimum Gasteiger partial charge on any atom is -0.591 e. The summed E-state index contributed by atoms with van der Waals surface area (Å²) in [6, 6.07) is 2.98. The molecule has 0 fully saturated rings. The average Bonchev–Trinajstić information content (AvgIpc) is 2.95. The van der Waals surface area contributed by atoms with Crippen molar-refractivity contribution in [3.63, 3.8) is 0 Å². The highest BCUT2D eigenvalue weighted by atomic mass is 35.5. The van der Waals surface area contributed by atoms with Crippen molar-refractivity contribution < 1.29 is 23.0 Å². The largest absolute Gasteiger partial charge is 0.591 e. The Bertz CT molecular complexity index is 1610. The molecule has 1 aromatic carbocycles. The van der Waals surface area contributed by atoms with Crippen molar-refractivity contribution in [2.75, 3.05) is 12.4 Å². The van der Waals surface area contributed by atoms with Crippen LogP contribution in [0.5, 0.6) is 5.75 Å². The third kappa shape index (κ3) is 9.25. The van der Waals surface area contributed by atoms with Gasteiger partial charge in [0.25, 0.3) is 5.69 Å². The number of hydrogen-bond acceptors (Lipinski definition) is 10. The molecule has 0 saturated heterocycles. The summed E-state index contributed by atoms with van der Waals surface area (Å²) < 4.78 is 43.8. The molecule has 0 aliphatic heterocycles. The fraction of sp³-hybridized carbons (Fsp3) is 0.500. The Balaban J connectivity index is 2.08. The van der Waals surface area contributed by atoms with Gasteiger partial charge in [0.05, 0.1) is 35.9 Å². The van der Waals surface area contributed by atoms with Crippen LogP contribution >= 0.6 is 11.6 Å². The Morgan fingerprint density at radius 3 is 2.28 bits per heavy atom. The maximum Gasteiger partial charge on any atom is 0.295 e. The lowest BCUT2D eigenvalue weighted by Crippen LogP contribution is -2.46. The number of methoxy groups -OCH3 is 1. The van der Waals surface area contributed by atoms with Crippen LogP contribution in [0.2, 0.25) is 23.3 Å². The molecule has 0 bridgehead atoms. The van der Waals surface area contributed by atoms with Crippen molar-refractivity contribution in [2.45, 2.75) is 96.3 Å². The number of aromatic nitrogens is 3.